The van der Waals surface area contributed by atoms with Crippen molar-refractivity contribution in [3.8, 4) is 11.5 Å². The van der Waals surface area contributed by atoms with Crippen molar-refractivity contribution < 1.29 is 14.3 Å². The molecule has 2 aromatic rings. The highest BCUT2D eigenvalue weighted by Gasteiger charge is 2.19. The second kappa shape index (κ2) is 6.07. The van der Waals surface area contributed by atoms with Crippen LogP contribution in [0.15, 0.2) is 36.4 Å². The molecule has 0 aliphatic carbocycles. The first kappa shape index (κ1) is 15.0. The van der Waals surface area contributed by atoms with Crippen LogP contribution in [0.5, 0.6) is 11.5 Å². The Hall–Kier alpha value is -1.91. The minimum atomic E-state index is -0.121. The molecule has 0 radical (unpaired) electrons. The second-order valence-electron chi connectivity index (χ2n) is 4.96. The van der Waals surface area contributed by atoms with Gasteiger partial charge in [0.25, 0.3) is 5.91 Å². The SMILES string of the molecule is CN(Cc1ccc(Cl)cc1Cl)C(=O)c1ccc2c(c1)OCO2. The van der Waals surface area contributed by atoms with E-state index in [-0.39, 0.29) is 12.7 Å². The molecule has 1 heterocycles. The predicted octanol–water partition coefficient (Wildman–Crippen LogP) is 3.99. The molecule has 0 unspecified atom stereocenters. The molecule has 0 fully saturated rings. The summed E-state index contributed by atoms with van der Waals surface area (Å²) < 4.78 is 10.5. The van der Waals surface area contributed by atoms with Crippen molar-refractivity contribution in [2.75, 3.05) is 13.8 Å². The standard InChI is InChI=1S/C16H13Cl2NO3/c1-19(8-11-2-4-12(17)7-13(11)18)16(20)10-3-5-14-15(6-10)22-9-21-14/h2-7H,8-9H2,1H3. The zero-order valence-corrected chi connectivity index (χ0v) is 13.3. The Kier molecular flexibility index (Phi) is 4.14. The summed E-state index contributed by atoms with van der Waals surface area (Å²) in [6.45, 7) is 0.576. The van der Waals surface area contributed by atoms with Crippen molar-refractivity contribution >= 4 is 29.1 Å². The molecule has 3 rings (SSSR count). The van der Waals surface area contributed by atoms with E-state index in [0.717, 1.165) is 5.56 Å². The van der Waals surface area contributed by atoms with Gasteiger partial charge < -0.3 is 14.4 Å². The first-order valence-corrected chi connectivity index (χ1v) is 7.39. The van der Waals surface area contributed by atoms with Gasteiger partial charge in [0.05, 0.1) is 0 Å². The highest BCUT2D eigenvalue weighted by Crippen LogP contribution is 2.33. The Morgan fingerprint density at radius 2 is 1.91 bits per heavy atom. The molecule has 6 heteroatoms. The smallest absolute Gasteiger partial charge is 0.254 e. The molecule has 0 bridgehead atoms. The lowest BCUT2D eigenvalue weighted by molar-refractivity contribution is 0.0784. The van der Waals surface area contributed by atoms with Crippen LogP contribution < -0.4 is 9.47 Å². The van der Waals surface area contributed by atoms with Crippen molar-refractivity contribution in [2.24, 2.45) is 0 Å². The van der Waals surface area contributed by atoms with Gasteiger partial charge in [-0.05, 0) is 35.9 Å². The maximum Gasteiger partial charge on any atom is 0.254 e. The van der Waals surface area contributed by atoms with Gasteiger partial charge in [-0.25, -0.2) is 0 Å². The van der Waals surface area contributed by atoms with Gasteiger partial charge in [0.2, 0.25) is 6.79 Å². The summed E-state index contributed by atoms with van der Waals surface area (Å²) in [4.78, 5) is 14.1. The number of amides is 1. The minimum Gasteiger partial charge on any atom is -0.454 e. The summed E-state index contributed by atoms with van der Waals surface area (Å²) in [6.07, 6.45) is 0. The fraction of sp³-hybridized carbons (Fsp3) is 0.188. The molecule has 0 atom stereocenters. The maximum absolute atomic E-state index is 12.5. The Labute approximate surface area is 138 Å². The largest absolute Gasteiger partial charge is 0.454 e. The molecule has 0 spiro atoms. The number of ether oxygens (including phenoxy) is 2. The molecule has 0 aromatic heterocycles. The highest BCUT2D eigenvalue weighted by atomic mass is 35.5. The van der Waals surface area contributed by atoms with Crippen molar-refractivity contribution in [1.29, 1.82) is 0 Å². The van der Waals surface area contributed by atoms with Gasteiger partial charge >= 0.3 is 0 Å². The van der Waals surface area contributed by atoms with Gasteiger partial charge in [0.15, 0.2) is 11.5 Å². The van der Waals surface area contributed by atoms with E-state index < -0.39 is 0 Å². The van der Waals surface area contributed by atoms with Gasteiger partial charge in [-0.1, -0.05) is 29.3 Å². The van der Waals surface area contributed by atoms with Crippen LogP contribution in [0.2, 0.25) is 10.0 Å². The van der Waals surface area contributed by atoms with E-state index in [2.05, 4.69) is 0 Å². The van der Waals surface area contributed by atoms with E-state index in [1.165, 1.54) is 0 Å². The number of halogens is 2. The summed E-state index contributed by atoms with van der Waals surface area (Å²) in [6, 6.07) is 10.4. The van der Waals surface area contributed by atoms with Crippen LogP contribution in [0, 0.1) is 0 Å². The zero-order valence-electron chi connectivity index (χ0n) is 11.8. The lowest BCUT2D eigenvalue weighted by Gasteiger charge is -2.18. The van der Waals surface area contributed by atoms with Crippen LogP contribution in [0.1, 0.15) is 15.9 Å². The van der Waals surface area contributed by atoms with E-state index in [0.29, 0.717) is 33.7 Å². The molecule has 4 nitrogen and oxygen atoms in total. The monoisotopic (exact) mass is 337 g/mol. The number of fused-ring (bicyclic) bond motifs is 1. The van der Waals surface area contributed by atoms with Crippen molar-refractivity contribution in [3.63, 3.8) is 0 Å². The maximum atomic E-state index is 12.5. The third kappa shape index (κ3) is 2.98. The van der Waals surface area contributed by atoms with Gasteiger partial charge in [-0.15, -0.1) is 0 Å². The second-order valence-corrected chi connectivity index (χ2v) is 5.81. The number of rotatable bonds is 3. The van der Waals surface area contributed by atoms with Crippen LogP contribution >= 0.6 is 23.2 Å². The molecular formula is C16H13Cl2NO3. The Morgan fingerprint density at radius 1 is 1.14 bits per heavy atom. The molecule has 0 saturated carbocycles. The molecule has 114 valence electrons. The van der Waals surface area contributed by atoms with Gasteiger partial charge in [-0.2, -0.15) is 0 Å². The first-order valence-electron chi connectivity index (χ1n) is 6.63. The topological polar surface area (TPSA) is 38.8 Å². The molecular weight excluding hydrogens is 325 g/mol. The van der Waals surface area contributed by atoms with Crippen LogP contribution in [-0.2, 0) is 6.54 Å². The summed E-state index contributed by atoms with van der Waals surface area (Å²) >= 11 is 12.0. The Bertz CT molecular complexity index is 733. The molecule has 2 aromatic carbocycles. The van der Waals surface area contributed by atoms with Crippen molar-refractivity contribution in [1.82, 2.24) is 4.90 Å². The number of hydrogen-bond acceptors (Lipinski definition) is 3. The fourth-order valence-corrected chi connectivity index (χ4v) is 2.70. The van der Waals surface area contributed by atoms with E-state index in [1.54, 1.807) is 42.3 Å². The summed E-state index contributed by atoms with van der Waals surface area (Å²) in [5.74, 6) is 1.12. The summed E-state index contributed by atoms with van der Waals surface area (Å²) in [5.41, 5.74) is 1.37. The van der Waals surface area contributed by atoms with Crippen LogP contribution in [0.25, 0.3) is 0 Å². The molecule has 22 heavy (non-hydrogen) atoms. The fourth-order valence-electron chi connectivity index (χ4n) is 2.23. The van der Waals surface area contributed by atoms with Crippen LogP contribution in [-0.4, -0.2) is 24.6 Å². The molecule has 1 amide bonds. The predicted molar refractivity (Wildman–Crippen MR) is 84.8 cm³/mol. The van der Waals surface area contributed by atoms with Crippen molar-refractivity contribution in [3.05, 3.63) is 57.6 Å². The quantitative estimate of drug-likeness (QED) is 0.849. The van der Waals surface area contributed by atoms with E-state index in [9.17, 15) is 4.79 Å². The van der Waals surface area contributed by atoms with Gasteiger partial charge in [-0.3, -0.25) is 4.79 Å². The van der Waals surface area contributed by atoms with E-state index in [4.69, 9.17) is 32.7 Å². The van der Waals surface area contributed by atoms with E-state index in [1.807, 2.05) is 6.07 Å². The Morgan fingerprint density at radius 3 is 2.68 bits per heavy atom. The zero-order chi connectivity index (χ0) is 15.7. The van der Waals surface area contributed by atoms with Gasteiger partial charge in [0, 0.05) is 29.2 Å². The normalized spacial score (nSPS) is 12.3. The van der Waals surface area contributed by atoms with E-state index >= 15 is 0 Å². The lowest BCUT2D eigenvalue weighted by atomic mass is 10.1. The summed E-state index contributed by atoms with van der Waals surface area (Å²) in [5, 5.41) is 1.11. The molecule has 0 saturated heterocycles. The number of carbonyl (C=O) groups excluding carboxylic acids is 1. The van der Waals surface area contributed by atoms with Crippen LogP contribution in [0.3, 0.4) is 0 Å². The summed E-state index contributed by atoms with van der Waals surface area (Å²) in [7, 11) is 1.72. The number of nitrogens with zero attached hydrogens (tertiary/aromatic N) is 1. The average Bonchev–Trinajstić information content (AvgIpc) is 2.96. The third-order valence-corrected chi connectivity index (χ3v) is 3.98. The molecule has 0 N–H and O–H groups in total. The first-order chi connectivity index (χ1) is 10.5. The minimum absolute atomic E-state index is 0.121. The number of benzene rings is 2. The average molecular weight is 338 g/mol. The van der Waals surface area contributed by atoms with Crippen molar-refractivity contribution in [2.45, 2.75) is 6.54 Å². The van der Waals surface area contributed by atoms with Crippen LogP contribution in [0.4, 0.5) is 0 Å². The highest BCUT2D eigenvalue weighted by molar-refractivity contribution is 6.35. The lowest BCUT2D eigenvalue weighted by Crippen LogP contribution is -2.26. The molecule has 1 aliphatic heterocycles. The number of hydrogen-bond donors (Lipinski definition) is 0. The van der Waals surface area contributed by atoms with Gasteiger partial charge in [0.1, 0.15) is 0 Å². The third-order valence-electron chi connectivity index (χ3n) is 3.39. The molecule has 1 aliphatic rings. The number of carbonyl (C=O) groups is 1. The Balaban J connectivity index is 1.77.